The minimum Gasteiger partial charge on any atom is -0.508 e. The van der Waals surface area contributed by atoms with Crippen LogP contribution in [-0.2, 0) is 4.79 Å². The van der Waals surface area contributed by atoms with E-state index in [1.165, 1.54) is 0 Å². The van der Waals surface area contributed by atoms with Crippen LogP contribution in [0.1, 0.15) is 37.2 Å². The number of carboxylic acids is 1. The number of hydrogen-bond acceptors (Lipinski definition) is 3. The van der Waals surface area contributed by atoms with Gasteiger partial charge in [-0.2, -0.15) is 0 Å². The first-order valence-electron chi connectivity index (χ1n) is 6.16. The highest BCUT2D eigenvalue weighted by Gasteiger charge is 2.24. The Balaban J connectivity index is 2.85. The molecule has 0 aliphatic carbocycles. The van der Waals surface area contributed by atoms with Gasteiger partial charge in [0, 0.05) is 28.8 Å². The Labute approximate surface area is 111 Å². The zero-order valence-electron chi connectivity index (χ0n) is 11.2. The highest BCUT2D eigenvalue weighted by Crippen LogP contribution is 2.34. The molecular weight excluding hydrogens is 244 g/mol. The van der Waals surface area contributed by atoms with Crippen LogP contribution >= 0.6 is 0 Å². The molecule has 19 heavy (non-hydrogen) atoms. The average Bonchev–Trinajstić information content (AvgIpc) is 2.59. The van der Waals surface area contributed by atoms with Gasteiger partial charge in [-0.05, 0) is 32.9 Å². The molecule has 102 valence electrons. The molecule has 1 atom stereocenters. The molecule has 1 aromatic heterocycles. The normalized spacial score (nSPS) is 13.1. The van der Waals surface area contributed by atoms with E-state index in [1.54, 1.807) is 18.2 Å². The largest absolute Gasteiger partial charge is 0.508 e. The summed E-state index contributed by atoms with van der Waals surface area (Å²) in [4.78, 5) is 11.2. The highest BCUT2D eigenvalue weighted by molar-refractivity contribution is 5.91. The van der Waals surface area contributed by atoms with Gasteiger partial charge in [-0.25, -0.2) is 0 Å². The van der Waals surface area contributed by atoms with E-state index in [4.69, 9.17) is 10.8 Å². The van der Waals surface area contributed by atoms with Gasteiger partial charge in [0.05, 0.1) is 5.52 Å². The maximum atomic E-state index is 11.2. The maximum Gasteiger partial charge on any atom is 0.325 e. The van der Waals surface area contributed by atoms with Gasteiger partial charge in [-0.1, -0.05) is 0 Å². The van der Waals surface area contributed by atoms with Crippen molar-refractivity contribution < 1.29 is 15.0 Å². The van der Waals surface area contributed by atoms with E-state index >= 15 is 0 Å². The number of phenolic OH excluding ortho intramolecular Hbond substituents is 1. The predicted octanol–water partition coefficient (Wildman–Crippen LogP) is 2.32. The molecule has 0 amide bonds. The van der Waals surface area contributed by atoms with Crippen LogP contribution in [0.25, 0.3) is 10.9 Å². The third-order valence-corrected chi connectivity index (χ3v) is 3.38. The van der Waals surface area contributed by atoms with E-state index in [9.17, 15) is 9.90 Å². The Morgan fingerprint density at radius 2 is 2.00 bits per heavy atom. The molecule has 4 N–H and O–H groups in total. The smallest absolute Gasteiger partial charge is 0.325 e. The van der Waals surface area contributed by atoms with E-state index in [2.05, 4.69) is 0 Å². The number of fused-ring (bicyclic) bond motifs is 1. The molecule has 5 nitrogen and oxygen atoms in total. The second-order valence-electron chi connectivity index (χ2n) is 4.98. The zero-order chi connectivity index (χ0) is 14.3. The first-order valence-corrected chi connectivity index (χ1v) is 6.16. The molecule has 2 rings (SSSR count). The summed E-state index contributed by atoms with van der Waals surface area (Å²) in [7, 11) is 0. The number of nitrogens with zero attached hydrogens (tertiary/aromatic N) is 1. The number of nitrogens with two attached hydrogens (primary N) is 1. The Kier molecular flexibility index (Phi) is 3.24. The molecule has 0 fully saturated rings. The van der Waals surface area contributed by atoms with Crippen molar-refractivity contribution in [1.82, 2.24) is 4.57 Å². The Bertz CT molecular complexity index is 644. The summed E-state index contributed by atoms with van der Waals surface area (Å²) in [5.74, 6) is -0.902. The molecule has 0 saturated carbocycles. The van der Waals surface area contributed by atoms with Crippen molar-refractivity contribution in [3.8, 4) is 5.75 Å². The van der Waals surface area contributed by atoms with Crippen LogP contribution in [0.2, 0.25) is 0 Å². The summed E-state index contributed by atoms with van der Waals surface area (Å²) < 4.78 is 1.99. The van der Waals surface area contributed by atoms with Crippen molar-refractivity contribution in [2.24, 2.45) is 5.73 Å². The highest BCUT2D eigenvalue weighted by atomic mass is 16.4. The molecule has 0 aliphatic rings. The lowest BCUT2D eigenvalue weighted by Gasteiger charge is -2.13. The topological polar surface area (TPSA) is 88.5 Å². The molecule has 0 spiro atoms. The summed E-state index contributed by atoms with van der Waals surface area (Å²) in [6.07, 6.45) is 0. The Morgan fingerprint density at radius 1 is 1.37 bits per heavy atom. The Hall–Kier alpha value is -2.01. The molecule has 2 aromatic rings. The molecular formula is C14H18N2O3. The van der Waals surface area contributed by atoms with Crippen LogP contribution in [0.3, 0.4) is 0 Å². The summed E-state index contributed by atoms with van der Waals surface area (Å²) >= 11 is 0. The maximum absolute atomic E-state index is 11.2. The molecule has 0 bridgehead atoms. The van der Waals surface area contributed by atoms with Crippen LogP contribution in [0.4, 0.5) is 0 Å². The number of rotatable bonds is 3. The lowest BCUT2D eigenvalue weighted by Crippen LogP contribution is -2.21. The molecule has 0 saturated heterocycles. The summed E-state index contributed by atoms with van der Waals surface area (Å²) in [5.41, 5.74) is 8.02. The summed E-state index contributed by atoms with van der Waals surface area (Å²) in [5, 5.41) is 19.5. The van der Waals surface area contributed by atoms with Crippen LogP contribution in [0, 0.1) is 6.92 Å². The number of benzene rings is 1. The van der Waals surface area contributed by atoms with Gasteiger partial charge < -0.3 is 20.5 Å². The third kappa shape index (κ3) is 2.06. The van der Waals surface area contributed by atoms with E-state index in [0.29, 0.717) is 5.56 Å². The lowest BCUT2D eigenvalue weighted by atomic mass is 10.0. The monoisotopic (exact) mass is 262 g/mol. The van der Waals surface area contributed by atoms with Crippen LogP contribution < -0.4 is 5.73 Å². The Morgan fingerprint density at radius 3 is 2.53 bits per heavy atom. The van der Waals surface area contributed by atoms with Crippen molar-refractivity contribution in [1.29, 1.82) is 0 Å². The van der Waals surface area contributed by atoms with Gasteiger partial charge in [0.2, 0.25) is 0 Å². The van der Waals surface area contributed by atoms with Crippen molar-refractivity contribution in [3.05, 3.63) is 29.5 Å². The van der Waals surface area contributed by atoms with Crippen molar-refractivity contribution in [2.75, 3.05) is 0 Å². The van der Waals surface area contributed by atoms with Crippen LogP contribution in [0.5, 0.6) is 5.75 Å². The summed E-state index contributed by atoms with van der Waals surface area (Å²) in [6, 6.07) is 3.99. The number of aromatic nitrogens is 1. The fourth-order valence-corrected chi connectivity index (χ4v) is 2.63. The second kappa shape index (κ2) is 4.59. The number of aliphatic carboxylic acids is 1. The van der Waals surface area contributed by atoms with Crippen molar-refractivity contribution in [2.45, 2.75) is 32.9 Å². The predicted molar refractivity (Wildman–Crippen MR) is 73.3 cm³/mol. The quantitative estimate of drug-likeness (QED) is 0.792. The zero-order valence-corrected chi connectivity index (χ0v) is 11.2. The van der Waals surface area contributed by atoms with Crippen molar-refractivity contribution in [3.63, 3.8) is 0 Å². The number of carboxylic acid groups (broad SMARTS) is 1. The molecule has 0 aliphatic heterocycles. The molecule has 0 radical (unpaired) electrons. The van der Waals surface area contributed by atoms with Gasteiger partial charge in [0.1, 0.15) is 11.8 Å². The van der Waals surface area contributed by atoms with Gasteiger partial charge >= 0.3 is 5.97 Å². The van der Waals surface area contributed by atoms with Gasteiger partial charge in [-0.15, -0.1) is 0 Å². The van der Waals surface area contributed by atoms with Gasteiger partial charge in [0.25, 0.3) is 0 Å². The number of carbonyl (C=O) groups is 1. The van der Waals surface area contributed by atoms with E-state index in [-0.39, 0.29) is 11.8 Å². The average molecular weight is 262 g/mol. The number of hydrogen-bond donors (Lipinski definition) is 3. The first-order chi connectivity index (χ1) is 8.84. The fourth-order valence-electron chi connectivity index (χ4n) is 2.63. The van der Waals surface area contributed by atoms with E-state index in [0.717, 1.165) is 16.6 Å². The standard InChI is InChI=1S/C14H18N2O3/c1-7(2)16-8(3)12(13(15)14(18)19)10-5-4-9(17)6-11(10)16/h4-7,13,17H,15H2,1-3H3,(H,18,19). The van der Waals surface area contributed by atoms with E-state index in [1.807, 2.05) is 25.3 Å². The first kappa shape index (κ1) is 13.4. The van der Waals surface area contributed by atoms with Gasteiger partial charge in [-0.3, -0.25) is 4.79 Å². The number of aromatic hydroxyl groups is 1. The lowest BCUT2D eigenvalue weighted by molar-refractivity contribution is -0.138. The minimum atomic E-state index is -1.06. The number of phenols is 1. The van der Waals surface area contributed by atoms with Crippen molar-refractivity contribution >= 4 is 16.9 Å². The van der Waals surface area contributed by atoms with Crippen LogP contribution in [0.15, 0.2) is 18.2 Å². The molecule has 1 unspecified atom stereocenters. The summed E-state index contributed by atoms with van der Waals surface area (Å²) in [6.45, 7) is 5.87. The third-order valence-electron chi connectivity index (χ3n) is 3.38. The SMILES string of the molecule is Cc1c(C(N)C(=O)O)c2ccc(O)cc2n1C(C)C. The minimum absolute atomic E-state index is 0.152. The van der Waals surface area contributed by atoms with E-state index < -0.39 is 12.0 Å². The van der Waals surface area contributed by atoms with Crippen LogP contribution in [-0.4, -0.2) is 20.7 Å². The molecule has 1 aromatic carbocycles. The molecule has 1 heterocycles. The fraction of sp³-hybridized carbons (Fsp3) is 0.357. The van der Waals surface area contributed by atoms with Gasteiger partial charge in [0.15, 0.2) is 0 Å². The second-order valence-corrected chi connectivity index (χ2v) is 4.98. The molecule has 5 heteroatoms.